The van der Waals surface area contributed by atoms with Crippen molar-refractivity contribution in [2.24, 2.45) is 0 Å². The van der Waals surface area contributed by atoms with Gasteiger partial charge in [0, 0.05) is 17.1 Å². The van der Waals surface area contributed by atoms with Crippen LogP contribution >= 0.6 is 22.6 Å². The molecule has 0 spiro atoms. The van der Waals surface area contributed by atoms with E-state index in [4.69, 9.17) is 4.74 Å². The highest BCUT2D eigenvalue weighted by molar-refractivity contribution is 14.1. The molecule has 1 fully saturated rings. The van der Waals surface area contributed by atoms with Gasteiger partial charge >= 0.3 is 0 Å². The van der Waals surface area contributed by atoms with Crippen molar-refractivity contribution in [3.8, 4) is 0 Å². The van der Waals surface area contributed by atoms with E-state index in [1.165, 1.54) is 11.8 Å². The lowest BCUT2D eigenvalue weighted by Crippen LogP contribution is -2.43. The van der Waals surface area contributed by atoms with E-state index in [9.17, 15) is 9.59 Å². The Morgan fingerprint density at radius 2 is 2.11 bits per heavy atom. The molecule has 0 N–H and O–H groups in total. The minimum Gasteiger partial charge on any atom is -0.358 e. The maximum absolute atomic E-state index is 12.4. The molecule has 0 radical (unpaired) electrons. The summed E-state index contributed by atoms with van der Waals surface area (Å²) in [5, 5.41) is 0. The number of imide groups is 1. The normalized spacial score (nSPS) is 18.7. The van der Waals surface area contributed by atoms with Gasteiger partial charge < -0.3 is 4.74 Å². The Labute approximate surface area is 119 Å². The van der Waals surface area contributed by atoms with Gasteiger partial charge in [0.25, 0.3) is 5.91 Å². The standard InChI is InChI=1S/C13H14INO3/c1-9(16)15(12-7-4-8-18-12)13(17)10-5-2-3-6-11(10)14/h2-3,5-6,12H,4,7-8H2,1H3. The summed E-state index contributed by atoms with van der Waals surface area (Å²) in [5.41, 5.74) is 0.545. The molecule has 2 amide bonds. The van der Waals surface area contributed by atoms with Crippen molar-refractivity contribution in [2.75, 3.05) is 6.61 Å². The van der Waals surface area contributed by atoms with Gasteiger partial charge in [-0.25, -0.2) is 0 Å². The second-order valence-electron chi connectivity index (χ2n) is 4.14. The summed E-state index contributed by atoms with van der Waals surface area (Å²) in [6, 6.07) is 7.24. The van der Waals surface area contributed by atoms with E-state index in [2.05, 4.69) is 22.6 Å². The number of benzene rings is 1. The predicted molar refractivity (Wildman–Crippen MR) is 75.0 cm³/mol. The number of ether oxygens (including phenoxy) is 1. The van der Waals surface area contributed by atoms with E-state index >= 15 is 0 Å². The van der Waals surface area contributed by atoms with Crippen LogP contribution in [0.2, 0.25) is 0 Å². The number of hydrogen-bond donors (Lipinski definition) is 0. The zero-order valence-electron chi connectivity index (χ0n) is 10.1. The first-order valence-electron chi connectivity index (χ1n) is 5.81. The summed E-state index contributed by atoms with van der Waals surface area (Å²) in [5.74, 6) is -0.550. The van der Waals surface area contributed by atoms with E-state index in [1.54, 1.807) is 12.1 Å². The molecule has 1 aliphatic heterocycles. The van der Waals surface area contributed by atoms with Crippen molar-refractivity contribution in [3.05, 3.63) is 33.4 Å². The fourth-order valence-corrected chi connectivity index (χ4v) is 2.62. The maximum atomic E-state index is 12.4. The molecule has 0 saturated carbocycles. The van der Waals surface area contributed by atoms with Crippen molar-refractivity contribution >= 4 is 34.4 Å². The van der Waals surface area contributed by atoms with Crippen molar-refractivity contribution in [3.63, 3.8) is 0 Å². The minimum atomic E-state index is -0.411. The van der Waals surface area contributed by atoms with Gasteiger partial charge in [0.15, 0.2) is 0 Å². The van der Waals surface area contributed by atoms with Gasteiger partial charge in [-0.3, -0.25) is 14.5 Å². The first-order valence-corrected chi connectivity index (χ1v) is 6.89. The van der Waals surface area contributed by atoms with Crippen molar-refractivity contribution in [2.45, 2.75) is 26.0 Å². The zero-order valence-corrected chi connectivity index (χ0v) is 12.2. The third kappa shape index (κ3) is 2.72. The molecular weight excluding hydrogens is 345 g/mol. The molecule has 1 atom stereocenters. The summed E-state index contributed by atoms with van der Waals surface area (Å²) in [6.07, 6.45) is 1.19. The highest BCUT2D eigenvalue weighted by Crippen LogP contribution is 2.21. The summed E-state index contributed by atoms with van der Waals surface area (Å²) in [4.78, 5) is 25.3. The fourth-order valence-electron chi connectivity index (χ4n) is 2.01. The Morgan fingerprint density at radius 1 is 1.39 bits per heavy atom. The quantitative estimate of drug-likeness (QED) is 0.762. The second-order valence-corrected chi connectivity index (χ2v) is 5.30. The average Bonchev–Trinajstić information content (AvgIpc) is 2.82. The molecule has 96 valence electrons. The molecule has 1 aromatic rings. The topological polar surface area (TPSA) is 46.6 Å². The van der Waals surface area contributed by atoms with Crippen LogP contribution in [0, 0.1) is 3.57 Å². The van der Waals surface area contributed by atoms with Crippen LogP contribution in [0.25, 0.3) is 0 Å². The number of nitrogens with zero attached hydrogens (tertiary/aromatic N) is 1. The summed E-state index contributed by atoms with van der Waals surface area (Å²) < 4.78 is 6.28. The number of amides is 2. The second kappa shape index (κ2) is 5.79. The number of halogens is 1. The van der Waals surface area contributed by atoms with Crippen LogP contribution in [0.1, 0.15) is 30.1 Å². The molecular formula is C13H14INO3. The minimum absolute atomic E-state index is 0.272. The number of carbonyl (C=O) groups excluding carboxylic acids is 2. The van der Waals surface area contributed by atoms with Crippen molar-refractivity contribution in [1.29, 1.82) is 0 Å². The third-order valence-electron chi connectivity index (χ3n) is 2.86. The fraction of sp³-hybridized carbons (Fsp3) is 0.385. The molecule has 1 heterocycles. The lowest BCUT2D eigenvalue weighted by atomic mass is 10.2. The van der Waals surface area contributed by atoms with E-state index < -0.39 is 6.23 Å². The highest BCUT2D eigenvalue weighted by Gasteiger charge is 2.32. The van der Waals surface area contributed by atoms with Crippen LogP contribution in [0.15, 0.2) is 24.3 Å². The number of hydrogen-bond acceptors (Lipinski definition) is 3. The van der Waals surface area contributed by atoms with Crippen molar-refractivity contribution in [1.82, 2.24) is 4.90 Å². The monoisotopic (exact) mass is 359 g/mol. The SMILES string of the molecule is CC(=O)N(C(=O)c1ccccc1I)C1CCCO1. The lowest BCUT2D eigenvalue weighted by molar-refractivity contribution is -0.134. The predicted octanol–water partition coefficient (Wildman–Crippen LogP) is 2.42. The molecule has 5 heteroatoms. The van der Waals surface area contributed by atoms with Crippen LogP contribution in [0.3, 0.4) is 0 Å². The molecule has 1 aromatic carbocycles. The summed E-state index contributed by atoms with van der Waals surface area (Å²) in [6.45, 7) is 2.00. The van der Waals surface area contributed by atoms with Gasteiger partial charge in [-0.15, -0.1) is 0 Å². The van der Waals surface area contributed by atoms with Crippen LogP contribution in [-0.2, 0) is 9.53 Å². The van der Waals surface area contributed by atoms with Gasteiger partial charge in [-0.1, -0.05) is 12.1 Å². The van der Waals surface area contributed by atoms with Crippen LogP contribution in [-0.4, -0.2) is 29.5 Å². The smallest absolute Gasteiger partial charge is 0.263 e. The molecule has 0 aliphatic carbocycles. The molecule has 18 heavy (non-hydrogen) atoms. The Hall–Kier alpha value is -0.950. The van der Waals surface area contributed by atoms with Crippen LogP contribution < -0.4 is 0 Å². The summed E-state index contributed by atoms with van der Waals surface area (Å²) in [7, 11) is 0. The average molecular weight is 359 g/mol. The molecule has 1 aliphatic rings. The largest absolute Gasteiger partial charge is 0.358 e. The van der Waals surface area contributed by atoms with E-state index in [0.29, 0.717) is 18.6 Å². The Bertz CT molecular complexity index is 469. The van der Waals surface area contributed by atoms with Gasteiger partial charge in [0.05, 0.1) is 5.56 Å². The third-order valence-corrected chi connectivity index (χ3v) is 3.80. The molecule has 0 bridgehead atoms. The van der Waals surface area contributed by atoms with Gasteiger partial charge in [0.1, 0.15) is 6.23 Å². The Kier molecular flexibility index (Phi) is 4.34. The first kappa shape index (κ1) is 13.5. The molecule has 4 nitrogen and oxygen atoms in total. The van der Waals surface area contributed by atoms with Crippen LogP contribution in [0.5, 0.6) is 0 Å². The molecule has 0 aromatic heterocycles. The van der Waals surface area contributed by atoms with Gasteiger partial charge in [0.2, 0.25) is 5.91 Å². The van der Waals surface area contributed by atoms with E-state index in [1.807, 2.05) is 12.1 Å². The Morgan fingerprint density at radius 3 is 2.67 bits per heavy atom. The molecule has 2 rings (SSSR count). The summed E-state index contributed by atoms with van der Waals surface area (Å²) >= 11 is 2.10. The van der Waals surface area contributed by atoms with Gasteiger partial charge in [-0.2, -0.15) is 0 Å². The molecule has 1 unspecified atom stereocenters. The first-order chi connectivity index (χ1) is 8.61. The van der Waals surface area contributed by atoms with E-state index in [-0.39, 0.29) is 11.8 Å². The Balaban J connectivity index is 2.29. The number of carbonyl (C=O) groups is 2. The lowest BCUT2D eigenvalue weighted by Gasteiger charge is -2.25. The maximum Gasteiger partial charge on any atom is 0.263 e. The van der Waals surface area contributed by atoms with E-state index in [0.717, 1.165) is 9.99 Å². The molecule has 1 saturated heterocycles. The number of rotatable bonds is 2. The van der Waals surface area contributed by atoms with Crippen LogP contribution in [0.4, 0.5) is 0 Å². The van der Waals surface area contributed by atoms with Crippen molar-refractivity contribution < 1.29 is 14.3 Å². The highest BCUT2D eigenvalue weighted by atomic mass is 127. The zero-order chi connectivity index (χ0) is 13.1. The van der Waals surface area contributed by atoms with Gasteiger partial charge in [-0.05, 0) is 47.6 Å².